The molecule has 118 valence electrons. The van der Waals surface area contributed by atoms with Gasteiger partial charge in [-0.3, -0.25) is 9.69 Å². The van der Waals surface area contributed by atoms with E-state index < -0.39 is 0 Å². The van der Waals surface area contributed by atoms with Crippen molar-refractivity contribution in [1.29, 1.82) is 0 Å². The van der Waals surface area contributed by atoms with Gasteiger partial charge in [-0.1, -0.05) is 26.2 Å². The second-order valence-electron chi connectivity index (χ2n) is 6.39. The van der Waals surface area contributed by atoms with Crippen molar-refractivity contribution in [3.63, 3.8) is 0 Å². The number of nitrogens with two attached hydrogens (primary N) is 1. The lowest BCUT2D eigenvalue weighted by molar-refractivity contribution is -0.127. The molecule has 1 amide bonds. The van der Waals surface area contributed by atoms with Crippen LogP contribution >= 0.6 is 0 Å². The number of likely N-dealkylation sites (N-methyl/N-ethyl adjacent to an activating group) is 1. The molecular weight excluding hydrogens is 250 g/mol. The fourth-order valence-electron chi connectivity index (χ4n) is 3.34. The van der Waals surface area contributed by atoms with Gasteiger partial charge in [0.1, 0.15) is 0 Å². The maximum Gasteiger partial charge on any atom is 0.237 e. The highest BCUT2D eigenvalue weighted by Gasteiger charge is 2.32. The number of amides is 1. The first-order chi connectivity index (χ1) is 9.51. The molecule has 0 spiro atoms. The molecule has 0 aliphatic heterocycles. The van der Waals surface area contributed by atoms with E-state index in [1.165, 1.54) is 25.7 Å². The summed E-state index contributed by atoms with van der Waals surface area (Å²) in [6, 6.07) is 0.641. The first-order valence-corrected chi connectivity index (χ1v) is 8.23. The monoisotopic (exact) mass is 283 g/mol. The van der Waals surface area contributed by atoms with Gasteiger partial charge in [-0.25, -0.2) is 0 Å². The Bertz CT molecular complexity index is 295. The van der Waals surface area contributed by atoms with E-state index in [9.17, 15) is 4.79 Å². The van der Waals surface area contributed by atoms with Crippen LogP contribution < -0.4 is 11.1 Å². The lowest BCUT2D eigenvalue weighted by atomic mass is 9.83. The molecule has 1 saturated carbocycles. The minimum absolute atomic E-state index is 0.0774. The van der Waals surface area contributed by atoms with E-state index in [-0.39, 0.29) is 18.0 Å². The Labute approximate surface area is 124 Å². The minimum atomic E-state index is -0.0774. The van der Waals surface area contributed by atoms with Gasteiger partial charge in [-0.2, -0.15) is 0 Å². The van der Waals surface area contributed by atoms with Crippen molar-refractivity contribution in [1.82, 2.24) is 10.2 Å². The first kappa shape index (κ1) is 17.4. The summed E-state index contributed by atoms with van der Waals surface area (Å²) in [4.78, 5) is 14.6. The van der Waals surface area contributed by atoms with Crippen LogP contribution in [0.5, 0.6) is 0 Å². The van der Waals surface area contributed by atoms with E-state index in [2.05, 4.69) is 31.1 Å². The van der Waals surface area contributed by atoms with Crippen molar-refractivity contribution >= 4 is 5.91 Å². The molecule has 0 heterocycles. The van der Waals surface area contributed by atoms with Gasteiger partial charge in [0.15, 0.2) is 0 Å². The molecule has 4 unspecified atom stereocenters. The van der Waals surface area contributed by atoms with Gasteiger partial charge >= 0.3 is 0 Å². The maximum atomic E-state index is 12.3. The zero-order chi connectivity index (χ0) is 15.1. The average molecular weight is 283 g/mol. The second kappa shape index (κ2) is 8.63. The molecule has 0 aromatic heterocycles. The Kier molecular flexibility index (Phi) is 7.52. The van der Waals surface area contributed by atoms with Crippen molar-refractivity contribution in [3.8, 4) is 0 Å². The number of nitrogens with zero attached hydrogens (tertiary/aromatic N) is 1. The van der Waals surface area contributed by atoms with Crippen molar-refractivity contribution in [3.05, 3.63) is 0 Å². The van der Waals surface area contributed by atoms with Crippen LogP contribution in [0, 0.1) is 5.92 Å². The maximum absolute atomic E-state index is 12.3. The molecular formula is C16H33N3O. The molecule has 1 aliphatic rings. The summed E-state index contributed by atoms with van der Waals surface area (Å²) in [6.07, 6.45) is 7.04. The Balaban J connectivity index is 2.55. The summed E-state index contributed by atoms with van der Waals surface area (Å²) >= 11 is 0. The predicted octanol–water partition coefficient (Wildman–Crippen LogP) is 2.13. The first-order valence-electron chi connectivity index (χ1n) is 8.23. The number of hydrogen-bond donors (Lipinski definition) is 2. The van der Waals surface area contributed by atoms with Gasteiger partial charge in [0.2, 0.25) is 5.91 Å². The zero-order valence-corrected chi connectivity index (χ0v) is 13.7. The topological polar surface area (TPSA) is 58.4 Å². The van der Waals surface area contributed by atoms with Gasteiger partial charge in [0.25, 0.3) is 0 Å². The summed E-state index contributed by atoms with van der Waals surface area (Å²) in [5.74, 6) is 0.687. The lowest BCUT2D eigenvalue weighted by Gasteiger charge is -2.40. The molecule has 0 saturated heterocycles. The van der Waals surface area contributed by atoms with Gasteiger partial charge in [-0.05, 0) is 52.6 Å². The van der Waals surface area contributed by atoms with Crippen molar-refractivity contribution in [2.75, 3.05) is 13.6 Å². The molecule has 0 aromatic carbocycles. The van der Waals surface area contributed by atoms with E-state index in [1.807, 2.05) is 6.92 Å². The van der Waals surface area contributed by atoms with Crippen LogP contribution in [-0.2, 0) is 4.79 Å². The van der Waals surface area contributed by atoms with Crippen molar-refractivity contribution in [2.24, 2.45) is 11.7 Å². The van der Waals surface area contributed by atoms with Gasteiger partial charge < -0.3 is 11.1 Å². The molecule has 4 heteroatoms. The Morgan fingerprint density at radius 2 is 2.00 bits per heavy atom. The van der Waals surface area contributed by atoms with Gasteiger partial charge in [-0.15, -0.1) is 0 Å². The lowest BCUT2D eigenvalue weighted by Crippen LogP contribution is -2.53. The van der Waals surface area contributed by atoms with Crippen molar-refractivity contribution in [2.45, 2.75) is 77.4 Å². The minimum Gasteiger partial charge on any atom is -0.352 e. The number of nitrogens with one attached hydrogen (secondary N) is 1. The summed E-state index contributed by atoms with van der Waals surface area (Å²) in [7, 11) is 2.08. The summed E-state index contributed by atoms with van der Waals surface area (Å²) in [5, 5.41) is 3.12. The van der Waals surface area contributed by atoms with Crippen molar-refractivity contribution < 1.29 is 4.79 Å². The second-order valence-corrected chi connectivity index (χ2v) is 6.39. The standard InChI is InChI=1S/C16H33N3O/c1-5-8-12(2)18-16(20)13(3)19(4)15-10-7-6-9-14(15)11-17/h12-15H,5-11,17H2,1-4H3,(H,18,20). The third-order valence-corrected chi connectivity index (χ3v) is 4.80. The largest absolute Gasteiger partial charge is 0.352 e. The SMILES string of the molecule is CCCC(C)NC(=O)C(C)N(C)C1CCCCC1CN. The van der Waals surface area contributed by atoms with Crippen LogP contribution in [0.25, 0.3) is 0 Å². The normalized spacial score (nSPS) is 26.3. The van der Waals surface area contributed by atoms with Crippen LogP contribution in [-0.4, -0.2) is 42.5 Å². The molecule has 1 rings (SSSR count). The Morgan fingerprint density at radius 3 is 2.60 bits per heavy atom. The molecule has 3 N–H and O–H groups in total. The quantitative estimate of drug-likeness (QED) is 0.752. The van der Waals surface area contributed by atoms with E-state index in [4.69, 9.17) is 5.73 Å². The van der Waals surface area contributed by atoms with E-state index in [0.29, 0.717) is 12.0 Å². The predicted molar refractivity (Wildman–Crippen MR) is 84.5 cm³/mol. The fraction of sp³-hybridized carbons (Fsp3) is 0.938. The number of rotatable bonds is 7. The highest BCUT2D eigenvalue weighted by Crippen LogP contribution is 2.28. The molecule has 1 aliphatic carbocycles. The molecule has 4 nitrogen and oxygen atoms in total. The third-order valence-electron chi connectivity index (χ3n) is 4.80. The average Bonchev–Trinajstić information content (AvgIpc) is 2.45. The van der Waals surface area contributed by atoms with Gasteiger partial charge in [0.05, 0.1) is 6.04 Å². The Morgan fingerprint density at radius 1 is 1.35 bits per heavy atom. The zero-order valence-electron chi connectivity index (χ0n) is 13.7. The van der Waals surface area contributed by atoms with E-state index >= 15 is 0 Å². The molecule has 0 aromatic rings. The van der Waals surface area contributed by atoms with Crippen LogP contribution in [0.4, 0.5) is 0 Å². The molecule has 0 bridgehead atoms. The molecule has 20 heavy (non-hydrogen) atoms. The summed E-state index contributed by atoms with van der Waals surface area (Å²) < 4.78 is 0. The summed E-state index contributed by atoms with van der Waals surface area (Å²) in [6.45, 7) is 6.97. The van der Waals surface area contributed by atoms with Gasteiger partial charge in [0, 0.05) is 12.1 Å². The number of carbonyl (C=O) groups excluding carboxylic acids is 1. The van der Waals surface area contributed by atoms with Crippen LogP contribution in [0.3, 0.4) is 0 Å². The highest BCUT2D eigenvalue weighted by molar-refractivity contribution is 5.81. The molecule has 0 radical (unpaired) electrons. The highest BCUT2D eigenvalue weighted by atomic mass is 16.2. The van der Waals surface area contributed by atoms with Crippen LogP contribution in [0.1, 0.15) is 59.3 Å². The molecule has 4 atom stereocenters. The summed E-state index contributed by atoms with van der Waals surface area (Å²) in [5.41, 5.74) is 5.90. The van der Waals surface area contributed by atoms with Crippen LogP contribution in [0.15, 0.2) is 0 Å². The van der Waals surface area contributed by atoms with E-state index in [0.717, 1.165) is 19.4 Å². The Hall–Kier alpha value is -0.610. The number of carbonyl (C=O) groups is 1. The molecule has 1 fully saturated rings. The smallest absolute Gasteiger partial charge is 0.237 e. The van der Waals surface area contributed by atoms with E-state index in [1.54, 1.807) is 0 Å². The van der Waals surface area contributed by atoms with Crippen LogP contribution in [0.2, 0.25) is 0 Å². The third kappa shape index (κ3) is 4.74. The fourth-order valence-corrected chi connectivity index (χ4v) is 3.34. The number of hydrogen-bond acceptors (Lipinski definition) is 3.